The molecular formula is C14H19BrN2O. The standard InChI is InChI=1S/C14H19BrN2O/c1-10-7-13(16)5-6-17(10)14(18)9-11-3-2-4-12(15)8-11/h2-4,8,10,13H,5-7,9,16H2,1H3/t10-,13-/m1/s1. The summed E-state index contributed by atoms with van der Waals surface area (Å²) in [4.78, 5) is 14.2. The van der Waals surface area contributed by atoms with E-state index in [9.17, 15) is 4.79 Å². The molecule has 0 aliphatic carbocycles. The largest absolute Gasteiger partial charge is 0.340 e. The summed E-state index contributed by atoms with van der Waals surface area (Å²) < 4.78 is 1.02. The van der Waals surface area contributed by atoms with Gasteiger partial charge in [0, 0.05) is 23.1 Å². The maximum atomic E-state index is 12.3. The third-order valence-corrected chi connectivity index (χ3v) is 3.97. The highest BCUT2D eigenvalue weighted by Crippen LogP contribution is 2.18. The van der Waals surface area contributed by atoms with E-state index in [1.807, 2.05) is 29.2 Å². The predicted octanol–water partition coefficient (Wildman–Crippen LogP) is 2.33. The van der Waals surface area contributed by atoms with Crippen LogP contribution in [0.25, 0.3) is 0 Å². The number of carbonyl (C=O) groups excluding carboxylic acids is 1. The lowest BCUT2D eigenvalue weighted by Gasteiger charge is -2.36. The lowest BCUT2D eigenvalue weighted by molar-refractivity contribution is -0.133. The van der Waals surface area contributed by atoms with E-state index in [1.165, 1.54) is 0 Å². The number of piperidine rings is 1. The van der Waals surface area contributed by atoms with Crippen LogP contribution in [-0.4, -0.2) is 29.4 Å². The third-order valence-electron chi connectivity index (χ3n) is 3.48. The fourth-order valence-electron chi connectivity index (χ4n) is 2.50. The molecule has 0 radical (unpaired) electrons. The van der Waals surface area contributed by atoms with Crippen LogP contribution >= 0.6 is 15.9 Å². The molecule has 0 bridgehead atoms. The van der Waals surface area contributed by atoms with E-state index < -0.39 is 0 Å². The maximum absolute atomic E-state index is 12.3. The second kappa shape index (κ2) is 5.85. The van der Waals surface area contributed by atoms with Gasteiger partial charge in [-0.05, 0) is 37.5 Å². The number of likely N-dealkylation sites (tertiary alicyclic amines) is 1. The molecule has 1 aromatic rings. The van der Waals surface area contributed by atoms with Crippen molar-refractivity contribution in [1.29, 1.82) is 0 Å². The summed E-state index contributed by atoms with van der Waals surface area (Å²) in [7, 11) is 0. The number of rotatable bonds is 2. The molecular weight excluding hydrogens is 292 g/mol. The van der Waals surface area contributed by atoms with Crippen LogP contribution in [0.5, 0.6) is 0 Å². The molecule has 3 nitrogen and oxygen atoms in total. The van der Waals surface area contributed by atoms with Gasteiger partial charge in [0.25, 0.3) is 0 Å². The van der Waals surface area contributed by atoms with Gasteiger partial charge in [-0.3, -0.25) is 4.79 Å². The van der Waals surface area contributed by atoms with Crippen molar-refractivity contribution in [3.8, 4) is 0 Å². The Balaban J connectivity index is 1.99. The van der Waals surface area contributed by atoms with E-state index in [1.54, 1.807) is 0 Å². The number of nitrogens with zero attached hydrogens (tertiary/aromatic N) is 1. The average Bonchev–Trinajstić information content (AvgIpc) is 2.28. The molecule has 1 aliphatic heterocycles. The van der Waals surface area contributed by atoms with Crippen LogP contribution in [0.1, 0.15) is 25.3 Å². The highest BCUT2D eigenvalue weighted by atomic mass is 79.9. The van der Waals surface area contributed by atoms with Gasteiger partial charge in [0.1, 0.15) is 0 Å². The smallest absolute Gasteiger partial charge is 0.227 e. The first-order chi connectivity index (χ1) is 8.56. The van der Waals surface area contributed by atoms with Crippen LogP contribution < -0.4 is 5.73 Å². The molecule has 1 aromatic carbocycles. The molecule has 2 N–H and O–H groups in total. The van der Waals surface area contributed by atoms with Crippen LogP contribution in [0.2, 0.25) is 0 Å². The summed E-state index contributed by atoms with van der Waals surface area (Å²) >= 11 is 3.43. The first kappa shape index (κ1) is 13.6. The summed E-state index contributed by atoms with van der Waals surface area (Å²) in [6, 6.07) is 8.42. The normalized spacial score (nSPS) is 24.1. The summed E-state index contributed by atoms with van der Waals surface area (Å²) in [5.41, 5.74) is 6.97. The highest BCUT2D eigenvalue weighted by Gasteiger charge is 2.26. The zero-order chi connectivity index (χ0) is 13.1. The quantitative estimate of drug-likeness (QED) is 0.911. The Morgan fingerprint density at radius 3 is 3.00 bits per heavy atom. The van der Waals surface area contributed by atoms with Crippen LogP contribution in [0.15, 0.2) is 28.7 Å². The number of hydrogen-bond acceptors (Lipinski definition) is 2. The number of hydrogen-bond donors (Lipinski definition) is 1. The molecule has 0 aromatic heterocycles. The number of nitrogens with two attached hydrogens (primary N) is 1. The van der Waals surface area contributed by atoms with Crippen molar-refractivity contribution in [2.45, 2.75) is 38.3 Å². The third kappa shape index (κ3) is 3.33. The Morgan fingerprint density at radius 2 is 2.33 bits per heavy atom. The number of halogens is 1. The van der Waals surface area contributed by atoms with Gasteiger partial charge in [-0.1, -0.05) is 28.1 Å². The van der Waals surface area contributed by atoms with Gasteiger partial charge in [-0.2, -0.15) is 0 Å². The van der Waals surface area contributed by atoms with Crippen molar-refractivity contribution in [2.24, 2.45) is 5.73 Å². The molecule has 98 valence electrons. The van der Waals surface area contributed by atoms with Crippen LogP contribution in [0, 0.1) is 0 Å². The molecule has 0 saturated carbocycles. The lowest BCUT2D eigenvalue weighted by atomic mass is 9.98. The number of benzene rings is 1. The van der Waals surface area contributed by atoms with Crippen molar-refractivity contribution < 1.29 is 4.79 Å². The summed E-state index contributed by atoms with van der Waals surface area (Å²) in [5, 5.41) is 0. The van der Waals surface area contributed by atoms with Crippen molar-refractivity contribution in [1.82, 2.24) is 4.90 Å². The van der Waals surface area contributed by atoms with E-state index in [-0.39, 0.29) is 18.0 Å². The predicted molar refractivity (Wildman–Crippen MR) is 76.2 cm³/mol. The minimum absolute atomic E-state index is 0.201. The average molecular weight is 311 g/mol. The van der Waals surface area contributed by atoms with Crippen molar-refractivity contribution >= 4 is 21.8 Å². The van der Waals surface area contributed by atoms with Crippen LogP contribution in [0.4, 0.5) is 0 Å². The fourth-order valence-corrected chi connectivity index (χ4v) is 2.95. The van der Waals surface area contributed by atoms with Gasteiger partial charge < -0.3 is 10.6 Å². The molecule has 18 heavy (non-hydrogen) atoms. The summed E-state index contributed by atoms with van der Waals surface area (Å²) in [6.07, 6.45) is 2.29. The van der Waals surface area contributed by atoms with E-state index >= 15 is 0 Å². The van der Waals surface area contributed by atoms with Gasteiger partial charge in [0.15, 0.2) is 0 Å². The first-order valence-electron chi connectivity index (χ1n) is 6.36. The van der Waals surface area contributed by atoms with Crippen molar-refractivity contribution in [3.05, 3.63) is 34.3 Å². The van der Waals surface area contributed by atoms with E-state index in [4.69, 9.17) is 5.73 Å². The van der Waals surface area contributed by atoms with E-state index in [0.29, 0.717) is 6.42 Å². The maximum Gasteiger partial charge on any atom is 0.227 e. The summed E-state index contributed by atoms with van der Waals surface area (Å²) in [5.74, 6) is 0.201. The number of amides is 1. The topological polar surface area (TPSA) is 46.3 Å². The molecule has 1 heterocycles. The summed E-state index contributed by atoms with van der Waals surface area (Å²) in [6.45, 7) is 2.87. The molecule has 1 fully saturated rings. The minimum atomic E-state index is 0.201. The minimum Gasteiger partial charge on any atom is -0.340 e. The molecule has 4 heteroatoms. The van der Waals surface area contributed by atoms with Gasteiger partial charge in [-0.15, -0.1) is 0 Å². The van der Waals surface area contributed by atoms with Crippen LogP contribution in [-0.2, 0) is 11.2 Å². The fraction of sp³-hybridized carbons (Fsp3) is 0.500. The zero-order valence-corrected chi connectivity index (χ0v) is 12.2. The highest BCUT2D eigenvalue weighted by molar-refractivity contribution is 9.10. The van der Waals surface area contributed by atoms with Crippen molar-refractivity contribution in [3.63, 3.8) is 0 Å². The molecule has 0 spiro atoms. The van der Waals surface area contributed by atoms with E-state index in [2.05, 4.69) is 22.9 Å². The second-order valence-corrected chi connectivity index (χ2v) is 5.94. The number of carbonyl (C=O) groups is 1. The van der Waals surface area contributed by atoms with Gasteiger partial charge in [0.2, 0.25) is 5.91 Å². The molecule has 1 amide bonds. The van der Waals surface area contributed by atoms with Crippen LogP contribution in [0.3, 0.4) is 0 Å². The Kier molecular flexibility index (Phi) is 4.40. The van der Waals surface area contributed by atoms with Gasteiger partial charge in [-0.25, -0.2) is 0 Å². The van der Waals surface area contributed by atoms with Gasteiger partial charge >= 0.3 is 0 Å². The zero-order valence-electron chi connectivity index (χ0n) is 10.6. The Bertz CT molecular complexity index is 436. The molecule has 0 unspecified atom stereocenters. The monoisotopic (exact) mass is 310 g/mol. The molecule has 2 rings (SSSR count). The first-order valence-corrected chi connectivity index (χ1v) is 7.15. The Hall–Kier alpha value is -0.870. The van der Waals surface area contributed by atoms with Crippen molar-refractivity contribution in [2.75, 3.05) is 6.54 Å². The van der Waals surface area contributed by atoms with E-state index in [0.717, 1.165) is 29.4 Å². The Morgan fingerprint density at radius 1 is 1.56 bits per heavy atom. The second-order valence-electron chi connectivity index (χ2n) is 5.03. The molecule has 1 saturated heterocycles. The van der Waals surface area contributed by atoms with Gasteiger partial charge in [0.05, 0.1) is 6.42 Å². The SMILES string of the molecule is C[C@@H]1C[C@H](N)CCN1C(=O)Cc1cccc(Br)c1. The Labute approximate surface area is 116 Å². The molecule has 2 atom stereocenters. The lowest BCUT2D eigenvalue weighted by Crippen LogP contribution is -2.48. The molecule has 1 aliphatic rings.